The molecule has 0 spiro atoms. The Bertz CT molecular complexity index is 710. The first kappa shape index (κ1) is 25.1. The van der Waals surface area contributed by atoms with Crippen LogP contribution in [0.3, 0.4) is 0 Å². The number of rotatable bonds is 4. The van der Waals surface area contributed by atoms with Gasteiger partial charge in [0.05, 0.1) is 5.60 Å². The Morgan fingerprint density at radius 2 is 1.59 bits per heavy atom. The molecule has 5 nitrogen and oxygen atoms in total. The number of likely N-dealkylation sites (tertiary alicyclic amines) is 1. The molecule has 0 aromatic rings. The van der Waals surface area contributed by atoms with Crippen LogP contribution in [0.25, 0.3) is 0 Å². The molecule has 5 fully saturated rings. The number of hydrogen-bond donors (Lipinski definition) is 2. The first-order chi connectivity index (χ1) is 16.4. The standard InChI is InChI=1S/C28H49BN2O3/c1-28(2)25-10-9-23(17-26(25)29(33)34-28)22-7-4-8-24(16-22)27(32)31-13-11-20(12-14-31)21-6-3-5-19(15-21)18-30/h19-26,33H,3-18,30H2,1-2H3. The number of hydrogen-bond acceptors (Lipinski definition) is 4. The summed E-state index contributed by atoms with van der Waals surface area (Å²) in [6.45, 7) is 7.08. The lowest BCUT2D eigenvalue weighted by Gasteiger charge is -2.43. The highest BCUT2D eigenvalue weighted by Crippen LogP contribution is 2.54. The van der Waals surface area contributed by atoms with Gasteiger partial charge < -0.3 is 20.3 Å². The number of fused-ring (bicyclic) bond motifs is 1. The molecule has 0 bridgehead atoms. The molecule has 3 aliphatic carbocycles. The van der Waals surface area contributed by atoms with E-state index in [-0.39, 0.29) is 17.3 Å². The van der Waals surface area contributed by atoms with E-state index in [0.29, 0.717) is 23.7 Å². The summed E-state index contributed by atoms with van der Waals surface area (Å²) in [6.07, 6.45) is 15.8. The van der Waals surface area contributed by atoms with E-state index in [1.54, 1.807) is 0 Å². The Morgan fingerprint density at radius 3 is 2.32 bits per heavy atom. The SMILES string of the molecule is CC1(C)OB(O)C2CC(C3CCCC(C(=O)N4CCC(C5CCCC(CN)C5)CC4)C3)CCC21. The third kappa shape index (κ3) is 5.11. The predicted molar refractivity (Wildman–Crippen MR) is 137 cm³/mol. The van der Waals surface area contributed by atoms with Gasteiger partial charge >= 0.3 is 7.12 Å². The molecule has 2 heterocycles. The Labute approximate surface area is 208 Å². The van der Waals surface area contributed by atoms with Crippen LogP contribution in [0, 0.1) is 41.4 Å². The molecule has 6 heteroatoms. The van der Waals surface area contributed by atoms with E-state index >= 15 is 0 Å². The monoisotopic (exact) mass is 472 g/mol. The van der Waals surface area contributed by atoms with Crippen LogP contribution in [-0.2, 0) is 9.45 Å². The molecule has 3 saturated carbocycles. The highest BCUT2D eigenvalue weighted by atomic mass is 16.5. The Balaban J connectivity index is 1.12. The van der Waals surface area contributed by atoms with Gasteiger partial charge in [-0.2, -0.15) is 0 Å². The molecule has 2 aliphatic heterocycles. The third-order valence-electron chi connectivity index (χ3n) is 11.0. The van der Waals surface area contributed by atoms with Crippen molar-refractivity contribution in [2.45, 2.75) is 109 Å². The second kappa shape index (κ2) is 10.4. The van der Waals surface area contributed by atoms with E-state index in [1.165, 1.54) is 57.8 Å². The number of nitrogens with zero attached hydrogens (tertiary/aromatic N) is 1. The first-order valence-electron chi connectivity index (χ1n) is 14.7. The van der Waals surface area contributed by atoms with E-state index in [9.17, 15) is 9.82 Å². The van der Waals surface area contributed by atoms with Crippen LogP contribution in [0.5, 0.6) is 0 Å². The van der Waals surface area contributed by atoms with E-state index in [2.05, 4.69) is 18.7 Å². The second-order valence-electron chi connectivity index (χ2n) is 13.3. The zero-order valence-corrected chi connectivity index (χ0v) is 21.8. The van der Waals surface area contributed by atoms with Gasteiger partial charge in [0.15, 0.2) is 0 Å². The average Bonchev–Trinajstić information content (AvgIpc) is 3.11. The van der Waals surface area contributed by atoms with Crippen LogP contribution in [-0.4, -0.2) is 48.2 Å². The van der Waals surface area contributed by atoms with Crippen LogP contribution in [0.2, 0.25) is 5.82 Å². The third-order valence-corrected chi connectivity index (χ3v) is 11.0. The van der Waals surface area contributed by atoms with Crippen LogP contribution >= 0.6 is 0 Å². The van der Waals surface area contributed by atoms with Crippen LogP contribution in [0.15, 0.2) is 0 Å². The summed E-state index contributed by atoms with van der Waals surface area (Å²) in [5, 5.41) is 10.5. The maximum atomic E-state index is 13.5. The number of nitrogens with two attached hydrogens (primary N) is 1. The summed E-state index contributed by atoms with van der Waals surface area (Å²) in [4.78, 5) is 15.8. The molecule has 7 unspecified atom stereocenters. The lowest BCUT2D eigenvalue weighted by atomic mass is 9.55. The molecule has 7 atom stereocenters. The van der Waals surface area contributed by atoms with Crippen LogP contribution < -0.4 is 5.73 Å². The van der Waals surface area contributed by atoms with Gasteiger partial charge in [-0.3, -0.25) is 4.79 Å². The molecule has 5 aliphatic rings. The van der Waals surface area contributed by atoms with Crippen molar-refractivity contribution in [1.82, 2.24) is 4.90 Å². The Hall–Kier alpha value is -0.585. The van der Waals surface area contributed by atoms with E-state index in [1.807, 2.05) is 0 Å². The van der Waals surface area contributed by atoms with E-state index in [4.69, 9.17) is 10.4 Å². The topological polar surface area (TPSA) is 75.8 Å². The number of carbonyl (C=O) groups is 1. The van der Waals surface area contributed by atoms with E-state index < -0.39 is 7.12 Å². The van der Waals surface area contributed by atoms with Crippen molar-refractivity contribution < 1.29 is 14.5 Å². The maximum Gasteiger partial charge on any atom is 0.458 e. The summed E-state index contributed by atoms with van der Waals surface area (Å²) in [5.74, 6) is 5.11. The minimum absolute atomic E-state index is 0.199. The molecule has 1 amide bonds. The minimum atomic E-state index is -0.602. The largest absolute Gasteiger partial charge is 0.458 e. The van der Waals surface area contributed by atoms with Crippen molar-refractivity contribution in [2.75, 3.05) is 19.6 Å². The van der Waals surface area contributed by atoms with Gasteiger partial charge in [-0.15, -0.1) is 0 Å². The van der Waals surface area contributed by atoms with Crippen molar-refractivity contribution in [1.29, 1.82) is 0 Å². The van der Waals surface area contributed by atoms with Crippen molar-refractivity contribution >= 4 is 13.0 Å². The molecule has 192 valence electrons. The molecule has 5 rings (SSSR count). The fourth-order valence-electron chi connectivity index (χ4n) is 9.04. The van der Waals surface area contributed by atoms with Gasteiger partial charge in [0.2, 0.25) is 5.91 Å². The van der Waals surface area contributed by atoms with Gasteiger partial charge in [0.25, 0.3) is 0 Å². The van der Waals surface area contributed by atoms with Crippen LogP contribution in [0.4, 0.5) is 0 Å². The quantitative estimate of drug-likeness (QED) is 0.573. The molecule has 0 radical (unpaired) electrons. The average molecular weight is 473 g/mol. The molecular weight excluding hydrogens is 423 g/mol. The Morgan fingerprint density at radius 1 is 0.912 bits per heavy atom. The normalized spacial score (nSPS) is 41.4. The number of piperidine rings is 1. The van der Waals surface area contributed by atoms with Gasteiger partial charge in [0, 0.05) is 19.0 Å². The van der Waals surface area contributed by atoms with Gasteiger partial charge in [-0.05, 0) is 120 Å². The molecule has 2 saturated heterocycles. The van der Waals surface area contributed by atoms with Crippen molar-refractivity contribution in [3.63, 3.8) is 0 Å². The van der Waals surface area contributed by atoms with Crippen molar-refractivity contribution in [2.24, 2.45) is 47.2 Å². The number of amides is 1. The van der Waals surface area contributed by atoms with Crippen LogP contribution in [0.1, 0.15) is 97.3 Å². The van der Waals surface area contributed by atoms with Crippen molar-refractivity contribution in [3.05, 3.63) is 0 Å². The summed E-state index contributed by atoms with van der Waals surface area (Å²) >= 11 is 0. The van der Waals surface area contributed by atoms with E-state index in [0.717, 1.165) is 63.1 Å². The molecule has 0 aromatic heterocycles. The minimum Gasteiger partial charge on any atom is -0.427 e. The van der Waals surface area contributed by atoms with Gasteiger partial charge in [-0.1, -0.05) is 25.7 Å². The fraction of sp³-hybridized carbons (Fsp3) is 0.964. The summed E-state index contributed by atoms with van der Waals surface area (Å²) in [5.41, 5.74) is 5.78. The second-order valence-corrected chi connectivity index (χ2v) is 13.3. The molecule has 0 aromatic carbocycles. The van der Waals surface area contributed by atoms with Gasteiger partial charge in [0.1, 0.15) is 0 Å². The fourth-order valence-corrected chi connectivity index (χ4v) is 9.04. The lowest BCUT2D eigenvalue weighted by molar-refractivity contribution is -0.139. The highest BCUT2D eigenvalue weighted by Gasteiger charge is 2.54. The smallest absolute Gasteiger partial charge is 0.427 e. The number of carbonyl (C=O) groups excluding carboxylic acids is 1. The lowest BCUT2D eigenvalue weighted by Crippen LogP contribution is -2.45. The zero-order valence-electron chi connectivity index (χ0n) is 21.8. The maximum absolute atomic E-state index is 13.5. The van der Waals surface area contributed by atoms with Gasteiger partial charge in [-0.25, -0.2) is 0 Å². The molecular formula is C28H49BN2O3. The zero-order chi connectivity index (χ0) is 23.9. The first-order valence-corrected chi connectivity index (χ1v) is 14.7. The summed E-state index contributed by atoms with van der Waals surface area (Å²) in [6, 6.07) is 0. The van der Waals surface area contributed by atoms with Crippen molar-refractivity contribution in [3.8, 4) is 0 Å². The highest BCUT2D eigenvalue weighted by molar-refractivity contribution is 6.46. The molecule has 34 heavy (non-hydrogen) atoms. The Kier molecular flexibility index (Phi) is 7.68. The predicted octanol–water partition coefficient (Wildman–Crippen LogP) is 4.87. The molecule has 3 N–H and O–H groups in total. The summed E-state index contributed by atoms with van der Waals surface area (Å²) in [7, 11) is -0.602. The summed E-state index contributed by atoms with van der Waals surface area (Å²) < 4.78 is 5.92.